The van der Waals surface area contributed by atoms with Gasteiger partial charge in [0, 0.05) is 0 Å². The van der Waals surface area contributed by atoms with Gasteiger partial charge in [-0.3, -0.25) is 9.10 Å². The lowest BCUT2D eigenvalue weighted by atomic mass is 10.2. The highest BCUT2D eigenvalue weighted by Crippen LogP contribution is 2.28. The molecule has 3 rings (SSSR count). The number of methoxy groups -OCH3 is 1. The number of hydrogen-bond acceptors (Lipinski definition) is 6. The summed E-state index contributed by atoms with van der Waals surface area (Å²) < 4.78 is 38.7. The van der Waals surface area contributed by atoms with Crippen molar-refractivity contribution in [3.63, 3.8) is 0 Å². The van der Waals surface area contributed by atoms with Crippen molar-refractivity contribution in [2.75, 3.05) is 24.6 Å². The summed E-state index contributed by atoms with van der Waals surface area (Å²) in [6.07, 6.45) is 3.06. The molecule has 8 nitrogen and oxygen atoms in total. The van der Waals surface area contributed by atoms with E-state index in [1.165, 1.54) is 25.5 Å². The topological polar surface area (TPSA) is 97.3 Å². The van der Waals surface area contributed by atoms with Crippen molar-refractivity contribution in [2.45, 2.75) is 11.8 Å². The molecule has 0 atom stereocenters. The number of carbonyl (C=O) groups excluding carboxylic acids is 1. The Morgan fingerprint density at radius 3 is 2.46 bits per heavy atom. The number of hydrazone groups is 1. The first kappa shape index (κ1) is 25.5. The number of ether oxygens (including phenoxy) is 2. The minimum absolute atomic E-state index is 0.0883. The Morgan fingerprint density at radius 2 is 1.77 bits per heavy atom. The van der Waals surface area contributed by atoms with Crippen molar-refractivity contribution in [1.82, 2.24) is 5.43 Å². The van der Waals surface area contributed by atoms with Gasteiger partial charge in [-0.15, -0.1) is 0 Å². The number of nitrogens with one attached hydrogen (secondary N) is 1. The van der Waals surface area contributed by atoms with Crippen LogP contribution >= 0.6 is 0 Å². The zero-order chi connectivity index (χ0) is 25.3. The molecule has 0 fully saturated rings. The molecule has 1 N–H and O–H groups in total. The van der Waals surface area contributed by atoms with Crippen molar-refractivity contribution in [1.29, 1.82) is 0 Å². The van der Waals surface area contributed by atoms with E-state index >= 15 is 0 Å². The summed E-state index contributed by atoms with van der Waals surface area (Å²) in [7, 11) is -2.47. The summed E-state index contributed by atoms with van der Waals surface area (Å²) in [6.45, 7) is 5.29. The first-order chi connectivity index (χ1) is 16.9. The average molecular weight is 494 g/mol. The maximum Gasteiger partial charge on any atom is 0.264 e. The molecule has 0 bridgehead atoms. The maximum atomic E-state index is 13.4. The van der Waals surface area contributed by atoms with Gasteiger partial charge in [0.2, 0.25) is 0 Å². The number of rotatable bonds is 11. The largest absolute Gasteiger partial charge is 0.493 e. The molecule has 0 heterocycles. The van der Waals surface area contributed by atoms with Gasteiger partial charge in [-0.2, -0.15) is 5.10 Å². The van der Waals surface area contributed by atoms with Gasteiger partial charge in [-0.05, 0) is 54.4 Å². The summed E-state index contributed by atoms with van der Waals surface area (Å²) >= 11 is 0. The number of sulfonamides is 1. The van der Waals surface area contributed by atoms with E-state index in [1.54, 1.807) is 73.7 Å². The van der Waals surface area contributed by atoms with Crippen LogP contribution in [-0.4, -0.2) is 40.8 Å². The lowest BCUT2D eigenvalue weighted by Gasteiger charge is -2.25. The third-order valence-electron chi connectivity index (χ3n) is 4.95. The summed E-state index contributed by atoms with van der Waals surface area (Å²) in [5.74, 6) is 0.456. The Hall–Kier alpha value is -4.11. The van der Waals surface area contributed by atoms with E-state index in [4.69, 9.17) is 9.47 Å². The minimum Gasteiger partial charge on any atom is -0.493 e. The number of amides is 1. The molecule has 0 saturated carbocycles. The van der Waals surface area contributed by atoms with E-state index in [0.29, 0.717) is 34.9 Å². The predicted octanol–water partition coefficient (Wildman–Crippen LogP) is 3.91. The quantitative estimate of drug-likeness (QED) is 0.248. The van der Waals surface area contributed by atoms with Crippen molar-refractivity contribution in [3.8, 4) is 11.5 Å². The van der Waals surface area contributed by atoms with E-state index in [0.717, 1.165) is 4.31 Å². The Labute approximate surface area is 205 Å². The predicted molar refractivity (Wildman–Crippen MR) is 137 cm³/mol. The van der Waals surface area contributed by atoms with Crippen LogP contribution in [0.4, 0.5) is 5.69 Å². The summed E-state index contributed by atoms with van der Waals surface area (Å²) in [5.41, 5.74) is 4.18. The highest BCUT2D eigenvalue weighted by atomic mass is 32.2. The van der Waals surface area contributed by atoms with Crippen LogP contribution in [0.2, 0.25) is 0 Å². The molecule has 0 aliphatic heterocycles. The Bertz CT molecular complexity index is 1310. The number of aryl methyl sites for hydroxylation is 1. The van der Waals surface area contributed by atoms with Crippen LogP contribution in [0.25, 0.3) is 0 Å². The van der Waals surface area contributed by atoms with Crippen LogP contribution in [0, 0.1) is 6.92 Å². The monoisotopic (exact) mass is 493 g/mol. The van der Waals surface area contributed by atoms with Crippen LogP contribution < -0.4 is 19.2 Å². The van der Waals surface area contributed by atoms with Crippen molar-refractivity contribution >= 4 is 27.8 Å². The van der Waals surface area contributed by atoms with Crippen LogP contribution in [0.3, 0.4) is 0 Å². The summed E-state index contributed by atoms with van der Waals surface area (Å²) in [5, 5.41) is 3.97. The fourth-order valence-corrected chi connectivity index (χ4v) is 4.75. The standard InChI is InChI=1S/C26H27N3O5S/c1-4-16-34-24-15-14-21(17-25(24)33-3)18-27-28-26(30)19-29(23-13-9-8-10-20(23)2)35(31,32)22-11-6-5-7-12-22/h4-15,17-18H,1,16,19H2,2-3H3,(H,28,30)/b27-18+. The van der Waals surface area contributed by atoms with Gasteiger partial charge in [-0.1, -0.05) is 49.1 Å². The fraction of sp³-hybridized carbons (Fsp3) is 0.154. The molecule has 9 heteroatoms. The second-order valence-corrected chi connectivity index (χ2v) is 9.28. The molecule has 0 unspecified atom stereocenters. The van der Waals surface area contributed by atoms with Crippen molar-refractivity contribution < 1.29 is 22.7 Å². The zero-order valence-electron chi connectivity index (χ0n) is 19.5. The number of para-hydroxylation sites is 1. The molecule has 0 aromatic heterocycles. The van der Waals surface area contributed by atoms with Gasteiger partial charge in [0.05, 0.1) is 23.9 Å². The number of carbonyl (C=O) groups is 1. The summed E-state index contributed by atoms with van der Waals surface area (Å²) in [6, 6.07) is 20.1. The second-order valence-electron chi connectivity index (χ2n) is 7.41. The van der Waals surface area contributed by atoms with Gasteiger partial charge in [-0.25, -0.2) is 13.8 Å². The molecule has 1 amide bonds. The van der Waals surface area contributed by atoms with Crippen LogP contribution in [-0.2, 0) is 14.8 Å². The van der Waals surface area contributed by atoms with E-state index in [1.807, 2.05) is 0 Å². The molecule has 0 spiro atoms. The lowest BCUT2D eigenvalue weighted by molar-refractivity contribution is -0.119. The SMILES string of the molecule is C=CCOc1ccc(/C=N/NC(=O)CN(c2ccccc2C)S(=O)(=O)c2ccccc2)cc1OC. The van der Waals surface area contributed by atoms with Gasteiger partial charge < -0.3 is 9.47 Å². The molecular formula is C26H27N3O5S. The smallest absolute Gasteiger partial charge is 0.264 e. The normalized spacial score (nSPS) is 11.1. The molecule has 0 radical (unpaired) electrons. The zero-order valence-corrected chi connectivity index (χ0v) is 20.4. The van der Waals surface area contributed by atoms with Gasteiger partial charge in [0.15, 0.2) is 11.5 Å². The average Bonchev–Trinajstić information content (AvgIpc) is 2.87. The first-order valence-electron chi connectivity index (χ1n) is 10.7. The van der Waals surface area contributed by atoms with E-state index in [2.05, 4.69) is 17.1 Å². The highest BCUT2D eigenvalue weighted by Gasteiger charge is 2.28. The van der Waals surface area contributed by atoms with Crippen LogP contribution in [0.1, 0.15) is 11.1 Å². The molecule has 182 valence electrons. The molecular weight excluding hydrogens is 466 g/mol. The molecule has 3 aromatic rings. The third-order valence-corrected chi connectivity index (χ3v) is 6.72. The Kier molecular flexibility index (Phi) is 8.63. The number of anilines is 1. The lowest BCUT2D eigenvalue weighted by Crippen LogP contribution is -2.40. The van der Waals surface area contributed by atoms with E-state index in [9.17, 15) is 13.2 Å². The number of nitrogens with zero attached hydrogens (tertiary/aromatic N) is 2. The van der Waals surface area contributed by atoms with Crippen molar-refractivity contribution in [3.05, 3.63) is 96.6 Å². The number of hydrogen-bond donors (Lipinski definition) is 1. The minimum atomic E-state index is -3.99. The molecule has 35 heavy (non-hydrogen) atoms. The van der Waals surface area contributed by atoms with Gasteiger partial charge in [0.1, 0.15) is 13.2 Å². The van der Waals surface area contributed by atoms with Crippen molar-refractivity contribution in [2.24, 2.45) is 5.10 Å². The maximum absolute atomic E-state index is 13.4. The van der Waals surface area contributed by atoms with Crippen LogP contribution in [0.15, 0.2) is 95.4 Å². The Morgan fingerprint density at radius 1 is 1.06 bits per heavy atom. The molecule has 0 aliphatic rings. The van der Waals surface area contributed by atoms with Gasteiger partial charge in [0.25, 0.3) is 15.9 Å². The Balaban J connectivity index is 1.78. The molecule has 0 saturated heterocycles. The van der Waals surface area contributed by atoms with Crippen LogP contribution in [0.5, 0.6) is 11.5 Å². The fourth-order valence-electron chi connectivity index (χ4n) is 3.24. The first-order valence-corrected chi connectivity index (χ1v) is 12.2. The third kappa shape index (κ3) is 6.48. The van der Waals surface area contributed by atoms with E-state index in [-0.39, 0.29) is 4.90 Å². The molecule has 3 aromatic carbocycles. The number of benzene rings is 3. The van der Waals surface area contributed by atoms with E-state index < -0.39 is 22.5 Å². The highest BCUT2D eigenvalue weighted by molar-refractivity contribution is 7.92. The van der Waals surface area contributed by atoms with Gasteiger partial charge >= 0.3 is 0 Å². The summed E-state index contributed by atoms with van der Waals surface area (Å²) in [4.78, 5) is 12.8. The molecule has 0 aliphatic carbocycles. The second kappa shape index (κ2) is 11.8.